The Morgan fingerprint density at radius 2 is 1.81 bits per heavy atom. The first kappa shape index (κ1) is 15.6. The SMILES string of the molecule is Cc1ccc(CN(C)S(=O)(=O)c2c(C)ccc(N)c2C)o1. The number of hydrogen-bond donors (Lipinski definition) is 1. The van der Waals surface area contributed by atoms with E-state index in [1.54, 1.807) is 32.0 Å². The van der Waals surface area contributed by atoms with Gasteiger partial charge in [0.2, 0.25) is 10.0 Å². The van der Waals surface area contributed by atoms with Gasteiger partial charge >= 0.3 is 0 Å². The first-order valence-corrected chi connectivity index (χ1v) is 8.05. The smallest absolute Gasteiger partial charge is 0.243 e. The summed E-state index contributed by atoms with van der Waals surface area (Å²) in [5.41, 5.74) is 7.58. The Bertz CT molecular complexity index is 763. The lowest BCUT2D eigenvalue weighted by Gasteiger charge is -2.20. The molecule has 1 aromatic carbocycles. The Labute approximate surface area is 125 Å². The minimum absolute atomic E-state index is 0.184. The molecule has 0 fully saturated rings. The maximum absolute atomic E-state index is 12.8. The van der Waals surface area contributed by atoms with Gasteiger partial charge in [0.05, 0.1) is 11.4 Å². The molecule has 0 aliphatic rings. The molecule has 0 aliphatic heterocycles. The van der Waals surface area contributed by atoms with Crippen LogP contribution in [0.4, 0.5) is 5.69 Å². The van der Waals surface area contributed by atoms with Gasteiger partial charge in [0.1, 0.15) is 11.5 Å². The van der Waals surface area contributed by atoms with Crippen LogP contribution >= 0.6 is 0 Å². The highest BCUT2D eigenvalue weighted by atomic mass is 32.2. The van der Waals surface area contributed by atoms with Gasteiger partial charge in [0.15, 0.2) is 0 Å². The number of benzene rings is 1. The van der Waals surface area contributed by atoms with Crippen LogP contribution in [0, 0.1) is 20.8 Å². The lowest BCUT2D eigenvalue weighted by atomic mass is 10.1. The van der Waals surface area contributed by atoms with E-state index in [4.69, 9.17) is 10.2 Å². The van der Waals surface area contributed by atoms with E-state index in [1.807, 2.05) is 13.0 Å². The third-order valence-corrected chi connectivity index (χ3v) is 5.58. The van der Waals surface area contributed by atoms with Crippen molar-refractivity contribution in [1.29, 1.82) is 0 Å². The van der Waals surface area contributed by atoms with Crippen molar-refractivity contribution in [2.24, 2.45) is 0 Å². The molecule has 0 unspecified atom stereocenters. The predicted octanol–water partition coefficient (Wildman–Crippen LogP) is 2.61. The van der Waals surface area contributed by atoms with Crippen LogP contribution in [-0.2, 0) is 16.6 Å². The second-order valence-electron chi connectivity index (χ2n) is 5.20. The molecule has 5 nitrogen and oxygen atoms in total. The molecule has 0 spiro atoms. The molecular formula is C15H20N2O3S. The summed E-state index contributed by atoms with van der Waals surface area (Å²) in [5, 5.41) is 0. The Morgan fingerprint density at radius 1 is 1.14 bits per heavy atom. The van der Waals surface area contributed by atoms with E-state index >= 15 is 0 Å². The number of rotatable bonds is 4. The van der Waals surface area contributed by atoms with Gasteiger partial charge in [-0.15, -0.1) is 0 Å². The summed E-state index contributed by atoms with van der Waals surface area (Å²) < 4.78 is 32.2. The highest BCUT2D eigenvalue weighted by Crippen LogP contribution is 2.27. The topological polar surface area (TPSA) is 76.5 Å². The fourth-order valence-electron chi connectivity index (χ4n) is 2.27. The van der Waals surface area contributed by atoms with Crippen molar-refractivity contribution in [2.45, 2.75) is 32.2 Å². The fourth-order valence-corrected chi connectivity index (χ4v) is 3.86. The van der Waals surface area contributed by atoms with Crippen LogP contribution in [0.25, 0.3) is 0 Å². The van der Waals surface area contributed by atoms with Gasteiger partial charge in [0, 0.05) is 12.7 Å². The lowest BCUT2D eigenvalue weighted by Crippen LogP contribution is -2.27. The average Bonchev–Trinajstić information content (AvgIpc) is 2.79. The van der Waals surface area contributed by atoms with Gasteiger partial charge in [-0.1, -0.05) is 6.07 Å². The molecule has 2 N–H and O–H groups in total. The van der Waals surface area contributed by atoms with Crippen molar-refractivity contribution < 1.29 is 12.8 Å². The van der Waals surface area contributed by atoms with E-state index in [0.717, 1.165) is 5.76 Å². The van der Waals surface area contributed by atoms with E-state index in [0.29, 0.717) is 22.6 Å². The number of hydrogen-bond acceptors (Lipinski definition) is 4. The molecule has 6 heteroatoms. The molecule has 0 atom stereocenters. The normalized spacial score (nSPS) is 12.0. The Kier molecular flexibility index (Phi) is 4.11. The first-order valence-electron chi connectivity index (χ1n) is 6.61. The lowest BCUT2D eigenvalue weighted by molar-refractivity contribution is 0.397. The third kappa shape index (κ3) is 2.96. The van der Waals surface area contributed by atoms with Crippen molar-refractivity contribution in [3.63, 3.8) is 0 Å². The van der Waals surface area contributed by atoms with Gasteiger partial charge in [0.25, 0.3) is 0 Å². The summed E-state index contributed by atoms with van der Waals surface area (Å²) in [4.78, 5) is 0.272. The van der Waals surface area contributed by atoms with Crippen molar-refractivity contribution in [3.8, 4) is 0 Å². The minimum atomic E-state index is -3.62. The van der Waals surface area contributed by atoms with Crippen molar-refractivity contribution >= 4 is 15.7 Å². The van der Waals surface area contributed by atoms with Crippen LogP contribution in [0.15, 0.2) is 33.6 Å². The zero-order valence-corrected chi connectivity index (χ0v) is 13.5. The highest BCUT2D eigenvalue weighted by molar-refractivity contribution is 7.89. The molecule has 0 bridgehead atoms. The van der Waals surface area contributed by atoms with Gasteiger partial charge in [-0.05, 0) is 50.1 Å². The van der Waals surface area contributed by atoms with Crippen molar-refractivity contribution in [2.75, 3.05) is 12.8 Å². The Morgan fingerprint density at radius 3 is 2.38 bits per heavy atom. The summed E-state index contributed by atoms with van der Waals surface area (Å²) in [6, 6.07) is 7.03. The summed E-state index contributed by atoms with van der Waals surface area (Å²) in [5.74, 6) is 1.37. The van der Waals surface area contributed by atoms with E-state index in [1.165, 1.54) is 11.4 Å². The average molecular weight is 308 g/mol. The van der Waals surface area contributed by atoms with Crippen LogP contribution < -0.4 is 5.73 Å². The molecule has 1 heterocycles. The Balaban J connectivity index is 2.40. The molecule has 0 aliphatic carbocycles. The number of aryl methyl sites for hydroxylation is 2. The van der Waals surface area contributed by atoms with Crippen LogP contribution in [0.2, 0.25) is 0 Å². The largest absolute Gasteiger partial charge is 0.465 e. The molecular weight excluding hydrogens is 288 g/mol. The summed E-state index contributed by atoms with van der Waals surface area (Å²) in [7, 11) is -2.08. The number of nitrogens with two attached hydrogens (primary N) is 1. The second kappa shape index (κ2) is 5.54. The van der Waals surface area contributed by atoms with Crippen LogP contribution in [-0.4, -0.2) is 19.8 Å². The van der Waals surface area contributed by atoms with Gasteiger partial charge in [-0.25, -0.2) is 8.42 Å². The summed E-state index contributed by atoms with van der Waals surface area (Å²) >= 11 is 0. The van der Waals surface area contributed by atoms with Crippen LogP contribution in [0.5, 0.6) is 0 Å². The number of nitrogens with zero attached hydrogens (tertiary/aromatic N) is 1. The number of sulfonamides is 1. The van der Waals surface area contributed by atoms with E-state index in [9.17, 15) is 8.42 Å². The predicted molar refractivity (Wildman–Crippen MR) is 82.4 cm³/mol. The minimum Gasteiger partial charge on any atom is -0.465 e. The zero-order chi connectivity index (χ0) is 15.8. The molecule has 21 heavy (non-hydrogen) atoms. The molecule has 2 aromatic rings. The van der Waals surface area contributed by atoms with Gasteiger partial charge < -0.3 is 10.2 Å². The highest BCUT2D eigenvalue weighted by Gasteiger charge is 2.26. The van der Waals surface area contributed by atoms with Crippen molar-refractivity contribution in [3.05, 3.63) is 46.9 Å². The molecule has 2 rings (SSSR count). The monoisotopic (exact) mass is 308 g/mol. The molecule has 1 aromatic heterocycles. The maximum atomic E-state index is 12.8. The van der Waals surface area contributed by atoms with E-state index in [-0.39, 0.29) is 11.4 Å². The van der Waals surface area contributed by atoms with E-state index < -0.39 is 10.0 Å². The third-order valence-electron chi connectivity index (χ3n) is 3.49. The molecule has 0 amide bonds. The quantitative estimate of drug-likeness (QED) is 0.881. The summed E-state index contributed by atoms with van der Waals surface area (Å²) in [6.07, 6.45) is 0. The summed E-state index contributed by atoms with van der Waals surface area (Å²) in [6.45, 7) is 5.50. The van der Waals surface area contributed by atoms with Crippen LogP contribution in [0.3, 0.4) is 0 Å². The number of furan rings is 1. The number of anilines is 1. The zero-order valence-electron chi connectivity index (χ0n) is 12.7. The number of nitrogen functional groups attached to an aromatic ring is 1. The van der Waals surface area contributed by atoms with Crippen LogP contribution in [0.1, 0.15) is 22.6 Å². The standard InChI is InChI=1S/C15H20N2O3S/c1-10-5-8-14(16)12(3)15(10)21(18,19)17(4)9-13-7-6-11(2)20-13/h5-8H,9,16H2,1-4H3. The van der Waals surface area contributed by atoms with E-state index in [2.05, 4.69) is 0 Å². The molecule has 0 radical (unpaired) electrons. The maximum Gasteiger partial charge on any atom is 0.243 e. The fraction of sp³-hybridized carbons (Fsp3) is 0.333. The Hall–Kier alpha value is -1.79. The van der Waals surface area contributed by atoms with Gasteiger partial charge in [-0.2, -0.15) is 4.31 Å². The molecule has 0 saturated carbocycles. The molecule has 114 valence electrons. The molecule has 0 saturated heterocycles. The first-order chi connectivity index (χ1) is 9.73. The second-order valence-corrected chi connectivity index (χ2v) is 7.18. The van der Waals surface area contributed by atoms with Crippen molar-refractivity contribution in [1.82, 2.24) is 4.31 Å². The van der Waals surface area contributed by atoms with Gasteiger partial charge in [-0.3, -0.25) is 0 Å².